The van der Waals surface area contributed by atoms with E-state index in [1.165, 1.54) is 16.8 Å². The van der Waals surface area contributed by atoms with Crippen molar-refractivity contribution in [1.82, 2.24) is 14.6 Å². The van der Waals surface area contributed by atoms with Crippen LogP contribution in [0.4, 0.5) is 10.3 Å². The Kier molecular flexibility index (Phi) is 2.64. The molecule has 2 N–H and O–H groups in total. The van der Waals surface area contributed by atoms with Crippen molar-refractivity contribution in [3.63, 3.8) is 0 Å². The van der Waals surface area contributed by atoms with Gasteiger partial charge in [0.25, 0.3) is 0 Å². The predicted molar refractivity (Wildman–Crippen MR) is 61.8 cm³/mol. The van der Waals surface area contributed by atoms with Gasteiger partial charge in [0.1, 0.15) is 11.4 Å². The highest BCUT2D eigenvalue weighted by Crippen LogP contribution is 2.18. The number of hydrogen-bond donors (Lipinski definition) is 2. The van der Waals surface area contributed by atoms with Gasteiger partial charge in [-0.15, -0.1) is 5.10 Å². The molecule has 1 fully saturated rings. The van der Waals surface area contributed by atoms with Crippen LogP contribution in [0, 0.1) is 5.82 Å². The van der Waals surface area contributed by atoms with Gasteiger partial charge in [-0.2, -0.15) is 4.98 Å². The van der Waals surface area contributed by atoms with Crippen molar-refractivity contribution < 1.29 is 14.2 Å². The molecule has 0 bridgehead atoms. The number of aliphatic hydroxyl groups is 1. The smallest absolute Gasteiger partial charge is 0.243 e. The molecule has 3 rings (SSSR count). The summed E-state index contributed by atoms with van der Waals surface area (Å²) in [6.45, 7) is 1.18. The number of pyridine rings is 1. The fourth-order valence-electron chi connectivity index (χ4n) is 1.91. The van der Waals surface area contributed by atoms with Crippen LogP contribution in [-0.2, 0) is 4.74 Å². The lowest BCUT2D eigenvalue weighted by atomic mass is 10.0. The number of aromatic nitrogens is 3. The van der Waals surface area contributed by atoms with Gasteiger partial charge >= 0.3 is 0 Å². The van der Waals surface area contributed by atoms with E-state index in [9.17, 15) is 9.50 Å². The van der Waals surface area contributed by atoms with Crippen LogP contribution in [0.5, 0.6) is 0 Å². The minimum absolute atomic E-state index is 0.308. The molecule has 18 heavy (non-hydrogen) atoms. The lowest BCUT2D eigenvalue weighted by Crippen LogP contribution is -2.37. The van der Waals surface area contributed by atoms with E-state index in [1.54, 1.807) is 6.07 Å². The van der Waals surface area contributed by atoms with E-state index in [1.807, 2.05) is 0 Å². The third-order valence-electron chi connectivity index (χ3n) is 2.95. The first-order valence-corrected chi connectivity index (χ1v) is 5.71. The van der Waals surface area contributed by atoms with E-state index in [2.05, 4.69) is 15.4 Å². The van der Waals surface area contributed by atoms with Crippen LogP contribution in [-0.4, -0.2) is 45.1 Å². The fourth-order valence-corrected chi connectivity index (χ4v) is 1.91. The van der Waals surface area contributed by atoms with Crippen LogP contribution in [0.25, 0.3) is 5.65 Å². The molecule has 0 aliphatic carbocycles. The number of fused-ring (bicyclic) bond motifs is 1. The SMILES string of the molecule is OC1(CNc2nc3ccc(F)cn3n2)CCOC1. The first-order valence-electron chi connectivity index (χ1n) is 5.71. The molecule has 0 radical (unpaired) electrons. The summed E-state index contributed by atoms with van der Waals surface area (Å²) in [6.07, 6.45) is 1.84. The molecule has 1 atom stereocenters. The Hall–Kier alpha value is -1.73. The molecule has 1 unspecified atom stereocenters. The summed E-state index contributed by atoms with van der Waals surface area (Å²) in [7, 11) is 0. The molecule has 3 heterocycles. The van der Waals surface area contributed by atoms with E-state index in [0.29, 0.717) is 37.8 Å². The van der Waals surface area contributed by atoms with Gasteiger partial charge in [0.15, 0.2) is 5.65 Å². The molecule has 0 spiro atoms. The van der Waals surface area contributed by atoms with Gasteiger partial charge in [-0.05, 0) is 12.1 Å². The summed E-state index contributed by atoms with van der Waals surface area (Å²) in [4.78, 5) is 4.17. The quantitative estimate of drug-likeness (QED) is 0.829. The van der Waals surface area contributed by atoms with Gasteiger partial charge in [-0.3, -0.25) is 0 Å². The molecule has 1 aliphatic heterocycles. The Morgan fingerprint density at radius 1 is 1.56 bits per heavy atom. The number of nitrogens with zero attached hydrogens (tertiary/aromatic N) is 3. The molecule has 1 aliphatic rings. The van der Waals surface area contributed by atoms with E-state index >= 15 is 0 Å². The third-order valence-corrected chi connectivity index (χ3v) is 2.95. The molecule has 1 saturated heterocycles. The van der Waals surface area contributed by atoms with Gasteiger partial charge in [0, 0.05) is 19.6 Å². The summed E-state index contributed by atoms with van der Waals surface area (Å²) in [5, 5.41) is 17.1. The maximum Gasteiger partial charge on any atom is 0.243 e. The first-order chi connectivity index (χ1) is 8.65. The fraction of sp³-hybridized carbons (Fsp3) is 0.455. The molecule has 0 amide bonds. The zero-order valence-electron chi connectivity index (χ0n) is 9.64. The highest BCUT2D eigenvalue weighted by molar-refractivity contribution is 5.43. The summed E-state index contributed by atoms with van der Waals surface area (Å²) < 4.78 is 19.5. The maximum atomic E-state index is 13.0. The zero-order chi connectivity index (χ0) is 12.6. The molecule has 2 aromatic rings. The van der Waals surface area contributed by atoms with Crippen LogP contribution in [0.15, 0.2) is 18.3 Å². The Balaban J connectivity index is 1.74. The number of rotatable bonds is 3. The molecular weight excluding hydrogens is 239 g/mol. The normalized spacial score (nSPS) is 23.7. The van der Waals surface area contributed by atoms with Crippen LogP contribution < -0.4 is 5.32 Å². The van der Waals surface area contributed by atoms with Gasteiger partial charge < -0.3 is 15.2 Å². The second-order valence-corrected chi connectivity index (χ2v) is 4.47. The van der Waals surface area contributed by atoms with Crippen molar-refractivity contribution in [3.05, 3.63) is 24.1 Å². The molecular formula is C11H13FN4O2. The van der Waals surface area contributed by atoms with Crippen molar-refractivity contribution in [2.75, 3.05) is 25.1 Å². The summed E-state index contributed by atoms with van der Waals surface area (Å²) in [5.41, 5.74) is -0.323. The third kappa shape index (κ3) is 2.14. The summed E-state index contributed by atoms with van der Waals surface area (Å²) in [6, 6.07) is 2.87. The van der Waals surface area contributed by atoms with E-state index in [0.717, 1.165) is 0 Å². The van der Waals surface area contributed by atoms with E-state index in [-0.39, 0.29) is 5.82 Å². The number of halogens is 1. The van der Waals surface area contributed by atoms with Crippen LogP contribution >= 0.6 is 0 Å². The molecule has 6 nitrogen and oxygen atoms in total. The highest BCUT2D eigenvalue weighted by atomic mass is 19.1. The number of ether oxygens (including phenoxy) is 1. The molecule has 7 heteroatoms. The Labute approximate surface area is 102 Å². The number of hydrogen-bond acceptors (Lipinski definition) is 5. The minimum Gasteiger partial charge on any atom is -0.386 e. The lowest BCUT2D eigenvalue weighted by molar-refractivity contribution is 0.0380. The van der Waals surface area contributed by atoms with Crippen LogP contribution in [0.3, 0.4) is 0 Å². The van der Waals surface area contributed by atoms with Crippen molar-refractivity contribution in [1.29, 1.82) is 0 Å². The van der Waals surface area contributed by atoms with Gasteiger partial charge in [0.2, 0.25) is 5.95 Å². The van der Waals surface area contributed by atoms with Crippen molar-refractivity contribution in [3.8, 4) is 0 Å². The average Bonchev–Trinajstić information content (AvgIpc) is 2.93. The minimum atomic E-state index is -0.872. The van der Waals surface area contributed by atoms with Crippen molar-refractivity contribution in [2.24, 2.45) is 0 Å². The van der Waals surface area contributed by atoms with E-state index in [4.69, 9.17) is 4.74 Å². The average molecular weight is 252 g/mol. The Morgan fingerprint density at radius 2 is 2.44 bits per heavy atom. The Morgan fingerprint density at radius 3 is 3.22 bits per heavy atom. The lowest BCUT2D eigenvalue weighted by Gasteiger charge is -2.19. The standard InChI is InChI=1S/C11H13FN4O2/c12-8-1-2-9-14-10(15-16(9)5-8)13-6-11(17)3-4-18-7-11/h1-2,5,17H,3-4,6-7H2,(H,13,15). The molecule has 0 saturated carbocycles. The number of anilines is 1. The molecule has 2 aromatic heterocycles. The van der Waals surface area contributed by atoms with Crippen molar-refractivity contribution >= 4 is 11.6 Å². The predicted octanol–water partition coefficient (Wildman–Crippen LogP) is 0.432. The van der Waals surface area contributed by atoms with Gasteiger partial charge in [-0.1, -0.05) is 0 Å². The summed E-state index contributed by atoms with van der Waals surface area (Å²) in [5.74, 6) is -0.0114. The molecule has 96 valence electrons. The maximum absolute atomic E-state index is 13.0. The monoisotopic (exact) mass is 252 g/mol. The summed E-state index contributed by atoms with van der Waals surface area (Å²) >= 11 is 0. The highest BCUT2D eigenvalue weighted by Gasteiger charge is 2.32. The first kappa shape index (κ1) is 11.4. The largest absolute Gasteiger partial charge is 0.386 e. The van der Waals surface area contributed by atoms with Crippen molar-refractivity contribution in [2.45, 2.75) is 12.0 Å². The number of nitrogens with one attached hydrogen (secondary N) is 1. The van der Waals surface area contributed by atoms with Crippen LogP contribution in [0.1, 0.15) is 6.42 Å². The van der Waals surface area contributed by atoms with E-state index < -0.39 is 5.60 Å². The second-order valence-electron chi connectivity index (χ2n) is 4.47. The molecule has 0 aromatic carbocycles. The zero-order valence-corrected chi connectivity index (χ0v) is 9.64. The topological polar surface area (TPSA) is 71.7 Å². The Bertz CT molecular complexity index is 565. The van der Waals surface area contributed by atoms with Crippen LogP contribution in [0.2, 0.25) is 0 Å². The second kappa shape index (κ2) is 4.18. The van der Waals surface area contributed by atoms with Gasteiger partial charge in [-0.25, -0.2) is 8.91 Å². The van der Waals surface area contributed by atoms with Gasteiger partial charge in [0.05, 0.1) is 12.8 Å².